The Kier molecular flexibility index (Phi) is 11.4. The highest BCUT2D eigenvalue weighted by atomic mass is 16.1. The van der Waals surface area contributed by atoms with Crippen LogP contribution in [0.1, 0.15) is 75.8 Å². The molecule has 0 fully saturated rings. The van der Waals surface area contributed by atoms with Crippen LogP contribution in [0.25, 0.3) is 22.5 Å². The van der Waals surface area contributed by atoms with E-state index in [0.29, 0.717) is 17.6 Å². The molecule has 4 aromatic rings. The van der Waals surface area contributed by atoms with Gasteiger partial charge in [0.05, 0.1) is 23.3 Å². The lowest BCUT2D eigenvalue weighted by Crippen LogP contribution is -2.24. The number of nitrogens with one attached hydrogen (secondary N) is 2. The second kappa shape index (κ2) is 15.6. The van der Waals surface area contributed by atoms with Crippen molar-refractivity contribution in [2.75, 3.05) is 5.32 Å². The van der Waals surface area contributed by atoms with Crippen LogP contribution in [0.2, 0.25) is 0 Å². The summed E-state index contributed by atoms with van der Waals surface area (Å²) in [6.07, 6.45) is 11.9. The topological polar surface area (TPSA) is 96.6 Å². The zero-order chi connectivity index (χ0) is 28.9. The van der Waals surface area contributed by atoms with Crippen LogP contribution in [0.15, 0.2) is 72.9 Å². The number of nitrogens with zero attached hydrogens (tertiary/aromatic N) is 4. The first-order valence-corrected chi connectivity index (χ1v) is 14.9. The van der Waals surface area contributed by atoms with Crippen LogP contribution in [0.5, 0.6) is 0 Å². The molecule has 0 atom stereocenters. The van der Waals surface area contributed by atoms with E-state index in [1.165, 1.54) is 30.4 Å². The molecule has 7 nitrogen and oxygen atoms in total. The average molecular weight is 551 g/mol. The number of rotatable bonds is 15. The van der Waals surface area contributed by atoms with Gasteiger partial charge in [0, 0.05) is 24.1 Å². The number of unbranched alkanes of at least 4 members (excludes halogenated alkanes) is 7. The summed E-state index contributed by atoms with van der Waals surface area (Å²) in [6, 6.07) is 22.1. The summed E-state index contributed by atoms with van der Waals surface area (Å²) in [6.45, 7) is 4.99. The Hall–Kier alpha value is -4.13. The van der Waals surface area contributed by atoms with E-state index >= 15 is 0 Å². The van der Waals surface area contributed by atoms with Gasteiger partial charge in [0.15, 0.2) is 0 Å². The predicted molar refractivity (Wildman–Crippen MR) is 165 cm³/mol. The third-order valence-corrected chi connectivity index (χ3v) is 7.41. The number of hydrogen-bond acceptors (Lipinski definition) is 5. The van der Waals surface area contributed by atoms with Gasteiger partial charge in [-0.2, -0.15) is 15.3 Å². The van der Waals surface area contributed by atoms with Gasteiger partial charge in [-0.05, 0) is 49.4 Å². The molecule has 2 N–H and O–H groups in total. The van der Waals surface area contributed by atoms with E-state index in [9.17, 15) is 4.79 Å². The zero-order valence-corrected chi connectivity index (χ0v) is 24.4. The quantitative estimate of drug-likeness (QED) is 0.150. The van der Waals surface area contributed by atoms with Crippen LogP contribution in [0.3, 0.4) is 0 Å². The Morgan fingerprint density at radius 2 is 1.56 bits per heavy atom. The first kappa shape index (κ1) is 29.8. The van der Waals surface area contributed by atoms with E-state index in [1.54, 1.807) is 6.20 Å². The molecule has 1 amide bonds. The molecule has 0 spiro atoms. The van der Waals surface area contributed by atoms with Crippen LogP contribution >= 0.6 is 0 Å². The molecule has 0 aliphatic heterocycles. The lowest BCUT2D eigenvalue weighted by Gasteiger charge is -2.13. The number of carbonyl (C=O) groups is 1. The van der Waals surface area contributed by atoms with Gasteiger partial charge in [-0.25, -0.2) is 4.68 Å². The molecule has 41 heavy (non-hydrogen) atoms. The molecule has 2 aromatic carbocycles. The molecule has 214 valence electrons. The van der Waals surface area contributed by atoms with Crippen LogP contribution in [-0.4, -0.2) is 25.9 Å². The maximum Gasteiger partial charge on any atom is 0.224 e. The molecule has 0 bridgehead atoms. The Balaban J connectivity index is 1.10. The number of hydrogen-bond donors (Lipinski definition) is 2. The standard InChI is InChI=1S/C34H42N6O/c1-3-27-17-14-15-20-30(27)34-26(2)23-32(35)40(39-34)22-16-9-7-5-4-6-8-13-21-33(41)37-29-24-31(38-36-25-29)28-18-11-10-12-19-28/h10-12,14-15,17-20,23-25,35H,3-9,13,16,21-22H2,1-2H3,(H,37,38,41). The summed E-state index contributed by atoms with van der Waals surface area (Å²) in [7, 11) is 0. The van der Waals surface area contributed by atoms with Crippen molar-refractivity contribution in [2.24, 2.45) is 0 Å². The van der Waals surface area contributed by atoms with E-state index in [2.05, 4.69) is 46.7 Å². The largest absolute Gasteiger partial charge is 0.325 e. The summed E-state index contributed by atoms with van der Waals surface area (Å²) >= 11 is 0. The Morgan fingerprint density at radius 1 is 0.878 bits per heavy atom. The molecule has 0 saturated heterocycles. The smallest absolute Gasteiger partial charge is 0.224 e. The fraction of sp³-hybridized carbons (Fsp3) is 0.382. The van der Waals surface area contributed by atoms with Crippen molar-refractivity contribution in [1.29, 1.82) is 5.41 Å². The third-order valence-electron chi connectivity index (χ3n) is 7.41. The van der Waals surface area contributed by atoms with Gasteiger partial charge >= 0.3 is 0 Å². The zero-order valence-electron chi connectivity index (χ0n) is 24.4. The van der Waals surface area contributed by atoms with E-state index in [1.807, 2.05) is 54.1 Å². The minimum Gasteiger partial charge on any atom is -0.325 e. The van der Waals surface area contributed by atoms with Crippen LogP contribution in [0.4, 0.5) is 5.69 Å². The van der Waals surface area contributed by atoms with Crippen molar-refractivity contribution in [2.45, 2.75) is 84.6 Å². The predicted octanol–water partition coefficient (Wildman–Crippen LogP) is 7.51. The summed E-state index contributed by atoms with van der Waals surface area (Å²) in [5.74, 6) is 0.0225. The molecule has 7 heteroatoms. The van der Waals surface area contributed by atoms with Crippen molar-refractivity contribution >= 4 is 11.6 Å². The highest BCUT2D eigenvalue weighted by molar-refractivity contribution is 5.91. The SMILES string of the molecule is CCc1ccccc1-c1nn(CCCCCCCCCCC(=O)Nc2cnnc(-c3ccccc3)c2)c(=N)cc1C. The maximum absolute atomic E-state index is 12.4. The first-order valence-electron chi connectivity index (χ1n) is 14.9. The van der Waals surface area contributed by atoms with Gasteiger partial charge in [0.1, 0.15) is 5.49 Å². The molecule has 0 unspecified atom stereocenters. The molecule has 0 aliphatic carbocycles. The number of carbonyl (C=O) groups excluding carboxylic acids is 1. The minimum absolute atomic E-state index is 0.0225. The monoisotopic (exact) mass is 550 g/mol. The summed E-state index contributed by atoms with van der Waals surface area (Å²) < 4.78 is 1.85. The minimum atomic E-state index is 0.0225. The van der Waals surface area contributed by atoms with Crippen molar-refractivity contribution < 1.29 is 4.79 Å². The number of anilines is 1. The Morgan fingerprint density at radius 3 is 2.32 bits per heavy atom. The lowest BCUT2D eigenvalue weighted by molar-refractivity contribution is -0.116. The fourth-order valence-corrected chi connectivity index (χ4v) is 5.11. The summed E-state index contributed by atoms with van der Waals surface area (Å²) in [5.41, 5.74) is 7.38. The molecular weight excluding hydrogens is 508 g/mol. The molecule has 0 saturated carbocycles. The van der Waals surface area contributed by atoms with E-state index in [0.717, 1.165) is 67.6 Å². The Labute approximate surface area is 243 Å². The van der Waals surface area contributed by atoms with Crippen LogP contribution in [-0.2, 0) is 17.8 Å². The van der Waals surface area contributed by atoms with Gasteiger partial charge in [-0.15, -0.1) is 0 Å². The molecule has 2 heterocycles. The number of aromatic nitrogens is 4. The summed E-state index contributed by atoms with van der Waals surface area (Å²) in [5, 5.41) is 24.4. The Bertz CT molecular complexity index is 1460. The van der Waals surface area contributed by atoms with Crippen LogP contribution in [0, 0.1) is 12.3 Å². The molecule has 2 aromatic heterocycles. The van der Waals surface area contributed by atoms with Crippen molar-refractivity contribution in [3.05, 3.63) is 89.5 Å². The van der Waals surface area contributed by atoms with Gasteiger partial charge < -0.3 is 5.32 Å². The normalized spacial score (nSPS) is 11.0. The first-order chi connectivity index (χ1) is 20.0. The molecule has 4 rings (SSSR count). The number of benzene rings is 2. The van der Waals surface area contributed by atoms with Gasteiger partial charge in [0.25, 0.3) is 0 Å². The second-order valence-corrected chi connectivity index (χ2v) is 10.6. The number of amides is 1. The van der Waals surface area contributed by atoms with Crippen LogP contribution < -0.4 is 10.8 Å². The average Bonchev–Trinajstić information content (AvgIpc) is 2.99. The maximum atomic E-state index is 12.4. The van der Waals surface area contributed by atoms with Gasteiger partial charge in [-0.3, -0.25) is 10.2 Å². The summed E-state index contributed by atoms with van der Waals surface area (Å²) in [4.78, 5) is 12.4. The fourth-order valence-electron chi connectivity index (χ4n) is 5.11. The highest BCUT2D eigenvalue weighted by Crippen LogP contribution is 2.24. The van der Waals surface area contributed by atoms with E-state index < -0.39 is 0 Å². The number of aryl methyl sites for hydroxylation is 3. The van der Waals surface area contributed by atoms with Gasteiger partial charge in [-0.1, -0.05) is 100 Å². The molecular formula is C34H42N6O. The second-order valence-electron chi connectivity index (χ2n) is 10.6. The van der Waals surface area contributed by atoms with Crippen molar-refractivity contribution in [1.82, 2.24) is 20.0 Å². The highest BCUT2D eigenvalue weighted by Gasteiger charge is 2.10. The lowest BCUT2D eigenvalue weighted by atomic mass is 10.00. The third kappa shape index (κ3) is 8.93. The molecule has 0 radical (unpaired) electrons. The van der Waals surface area contributed by atoms with Crippen molar-refractivity contribution in [3.8, 4) is 22.5 Å². The molecule has 0 aliphatic rings. The van der Waals surface area contributed by atoms with Gasteiger partial charge in [0.2, 0.25) is 5.91 Å². The van der Waals surface area contributed by atoms with E-state index in [-0.39, 0.29) is 5.91 Å². The van der Waals surface area contributed by atoms with E-state index in [4.69, 9.17) is 10.5 Å². The van der Waals surface area contributed by atoms with Crippen molar-refractivity contribution in [3.63, 3.8) is 0 Å².